The smallest absolute Gasteiger partial charge is 0.412 e. The molecule has 12 nitrogen and oxygen atoms in total. The molecular weight excluding hydrogens is 785 g/mol. The number of aromatic hydroxyl groups is 1. The van der Waals surface area contributed by atoms with Crippen LogP contribution in [-0.2, 0) is 23.9 Å². The van der Waals surface area contributed by atoms with E-state index in [1.54, 1.807) is 21.6 Å². The number of benzene rings is 4. The Bertz CT molecular complexity index is 2660. The molecule has 1 unspecified atom stereocenters. The number of carboxylic acid groups (broad SMARTS) is 1. The first-order valence-corrected chi connectivity index (χ1v) is 24.5. The van der Waals surface area contributed by atoms with Crippen molar-refractivity contribution < 1.29 is 19.4 Å². The number of piperidine rings is 3. The number of imidazole rings is 1. The van der Waals surface area contributed by atoms with Crippen molar-refractivity contribution in [1.29, 1.82) is 0 Å². The van der Waals surface area contributed by atoms with Crippen molar-refractivity contribution in [1.82, 2.24) is 24.8 Å². The minimum atomic E-state index is -2.25. The summed E-state index contributed by atoms with van der Waals surface area (Å²) in [5, 5.41) is 25.6. The Morgan fingerprint density at radius 1 is 0.951 bits per heavy atom. The van der Waals surface area contributed by atoms with Crippen LogP contribution in [-0.4, -0.2) is 76.3 Å². The van der Waals surface area contributed by atoms with Crippen molar-refractivity contribution in [3.05, 3.63) is 129 Å². The Balaban J connectivity index is 0.975. The van der Waals surface area contributed by atoms with Crippen LogP contribution in [0.5, 0.6) is 5.75 Å². The van der Waals surface area contributed by atoms with Crippen molar-refractivity contribution >= 4 is 42.0 Å². The summed E-state index contributed by atoms with van der Waals surface area (Å²) in [6.45, 7) is 15.4. The molecule has 5 heterocycles. The van der Waals surface area contributed by atoms with Crippen LogP contribution in [0.15, 0.2) is 101 Å². The van der Waals surface area contributed by atoms with Gasteiger partial charge in [-0.3, -0.25) is 14.3 Å². The number of pyridine rings is 1. The van der Waals surface area contributed by atoms with E-state index in [0.717, 1.165) is 82.4 Å². The second-order valence-corrected chi connectivity index (χ2v) is 23.2. The molecule has 3 aliphatic heterocycles. The van der Waals surface area contributed by atoms with E-state index < -0.39 is 14.4 Å². The molecule has 9 rings (SSSR count). The number of rotatable bonds is 14. The Kier molecular flexibility index (Phi) is 11.9. The number of H-pyrrole nitrogens is 2. The van der Waals surface area contributed by atoms with E-state index in [1.165, 1.54) is 6.07 Å². The van der Waals surface area contributed by atoms with Gasteiger partial charge < -0.3 is 34.8 Å². The predicted molar refractivity (Wildman–Crippen MR) is 245 cm³/mol. The summed E-state index contributed by atoms with van der Waals surface area (Å²) in [5.41, 5.74) is 7.08. The summed E-state index contributed by atoms with van der Waals surface area (Å²) < 4.78 is 8.76. The van der Waals surface area contributed by atoms with Crippen LogP contribution in [0.2, 0.25) is 18.1 Å². The van der Waals surface area contributed by atoms with E-state index in [-0.39, 0.29) is 34.2 Å². The van der Waals surface area contributed by atoms with E-state index in [4.69, 9.17) is 4.43 Å². The van der Waals surface area contributed by atoms with Crippen LogP contribution in [0, 0.1) is 5.92 Å². The molecule has 6 aromatic rings. The van der Waals surface area contributed by atoms with Gasteiger partial charge >= 0.3 is 11.8 Å². The van der Waals surface area contributed by atoms with Crippen LogP contribution in [0.1, 0.15) is 62.8 Å². The molecule has 0 saturated carbocycles. The maximum Gasteiger partial charge on any atom is 0.412 e. The van der Waals surface area contributed by atoms with Gasteiger partial charge in [0.2, 0.25) is 5.56 Å². The van der Waals surface area contributed by atoms with Crippen LogP contribution in [0.25, 0.3) is 33.1 Å². The third-order valence-electron chi connectivity index (χ3n) is 13.4. The second kappa shape index (κ2) is 17.1. The molecule has 3 aliphatic rings. The lowest BCUT2D eigenvalue weighted by Gasteiger charge is -2.48. The number of carbonyl (C=O) groups is 1. The molecule has 2 aromatic heterocycles. The molecule has 320 valence electrons. The average molecular weight is 843 g/mol. The quantitative estimate of drug-likeness (QED) is 0.0683. The molecule has 4 aromatic carbocycles. The highest BCUT2D eigenvalue weighted by atomic mass is 28.4. The van der Waals surface area contributed by atoms with Crippen molar-refractivity contribution in [3.8, 4) is 16.9 Å². The van der Waals surface area contributed by atoms with Crippen molar-refractivity contribution in [2.45, 2.75) is 89.8 Å². The number of nitrogens with zero attached hydrogens (tertiary/aromatic N) is 3. The van der Waals surface area contributed by atoms with Gasteiger partial charge in [-0.1, -0.05) is 75.4 Å². The van der Waals surface area contributed by atoms with Gasteiger partial charge in [0, 0.05) is 43.2 Å². The molecule has 3 fully saturated rings. The first kappa shape index (κ1) is 42.2. The number of anilines is 1. The van der Waals surface area contributed by atoms with Gasteiger partial charge in [-0.25, -0.2) is 9.59 Å². The third-order valence-corrected chi connectivity index (χ3v) is 17.9. The molecule has 0 aliphatic carbocycles. The Morgan fingerprint density at radius 2 is 1.70 bits per heavy atom. The van der Waals surface area contributed by atoms with Crippen molar-refractivity contribution in [2.24, 2.45) is 5.92 Å². The Hall–Kier alpha value is -5.47. The number of aromatic nitrogens is 3. The van der Waals surface area contributed by atoms with Crippen LogP contribution >= 0.6 is 0 Å². The fourth-order valence-corrected chi connectivity index (χ4v) is 10.3. The summed E-state index contributed by atoms with van der Waals surface area (Å²) >= 11 is 0. The zero-order valence-electron chi connectivity index (χ0n) is 35.8. The molecule has 61 heavy (non-hydrogen) atoms. The molecule has 0 radical (unpaired) electrons. The van der Waals surface area contributed by atoms with Gasteiger partial charge in [-0.05, 0) is 115 Å². The largest absolute Gasteiger partial charge is 0.506 e. The number of aryl methyl sites for hydroxylation is 2. The zero-order chi connectivity index (χ0) is 43.1. The van der Waals surface area contributed by atoms with Gasteiger partial charge in [0.25, 0.3) is 0 Å². The standard InChI is InChI=1S/C48H58N6O6Si/c1-48(2,3)61(4,5)60-43(36-16-19-42(55)45-37(36)17-20-44(56)51-45)29-49-28-32-14-18-39-38(26-32)50-46(57)53(39)23-9-10-31-13-15-35(33-11-7-6-8-12-33)40(27-31)54(47(58)59)41-30-52-24-21-34(41)22-25-52/h6-8,11-20,26-27,34,41,43,49,55H,9-10,21-25,28-30H2,1-5H3,(H,50,57)(H,51,56)(H,58,59)/t41?,43-/m0/s1. The second-order valence-electron chi connectivity index (χ2n) is 18.4. The third kappa shape index (κ3) is 8.83. The fraction of sp³-hybridized carbons (Fsp3) is 0.396. The van der Waals surface area contributed by atoms with E-state index in [1.807, 2.05) is 54.6 Å². The van der Waals surface area contributed by atoms with E-state index in [0.29, 0.717) is 43.9 Å². The lowest BCUT2D eigenvalue weighted by molar-refractivity contribution is 0.0837. The Labute approximate surface area is 357 Å². The Morgan fingerprint density at radius 3 is 2.41 bits per heavy atom. The maximum absolute atomic E-state index is 13.3. The number of amides is 1. The predicted octanol–water partition coefficient (Wildman–Crippen LogP) is 8.61. The lowest BCUT2D eigenvalue weighted by Crippen LogP contribution is -2.59. The van der Waals surface area contributed by atoms with Crippen LogP contribution < -0.4 is 21.5 Å². The molecular formula is C48H58N6O6Si. The number of nitrogens with one attached hydrogen (secondary N) is 3. The first-order valence-electron chi connectivity index (χ1n) is 21.5. The number of fused-ring (bicyclic) bond motifs is 5. The van der Waals surface area contributed by atoms with Crippen molar-refractivity contribution in [2.75, 3.05) is 31.1 Å². The first-order chi connectivity index (χ1) is 29.2. The van der Waals surface area contributed by atoms with Gasteiger partial charge in [0.05, 0.1) is 34.4 Å². The zero-order valence-corrected chi connectivity index (χ0v) is 36.8. The summed E-state index contributed by atoms with van der Waals surface area (Å²) in [7, 11) is -2.25. The summed E-state index contributed by atoms with van der Waals surface area (Å²) in [6.07, 6.45) is 2.14. The van der Waals surface area contributed by atoms with E-state index >= 15 is 0 Å². The number of hydrogen-bond donors (Lipinski definition) is 5. The van der Waals surface area contributed by atoms with Crippen molar-refractivity contribution in [3.63, 3.8) is 0 Å². The molecule has 3 saturated heterocycles. The highest BCUT2D eigenvalue weighted by Crippen LogP contribution is 2.42. The summed E-state index contributed by atoms with van der Waals surface area (Å²) in [4.78, 5) is 48.4. The topological polar surface area (TPSA) is 156 Å². The highest BCUT2D eigenvalue weighted by Gasteiger charge is 2.41. The average Bonchev–Trinajstić information content (AvgIpc) is 3.54. The van der Waals surface area contributed by atoms with Gasteiger partial charge in [-0.2, -0.15) is 0 Å². The highest BCUT2D eigenvalue weighted by molar-refractivity contribution is 6.74. The lowest BCUT2D eigenvalue weighted by atomic mass is 9.82. The molecule has 13 heteroatoms. The number of aromatic amines is 2. The number of phenolic OH excluding ortho intramolecular Hbond substituents is 1. The molecule has 5 N–H and O–H groups in total. The summed E-state index contributed by atoms with van der Waals surface area (Å²) in [5.74, 6) is 0.357. The molecule has 2 atom stereocenters. The maximum atomic E-state index is 13.3. The summed E-state index contributed by atoms with van der Waals surface area (Å²) in [6, 6.07) is 28.8. The monoisotopic (exact) mass is 842 g/mol. The van der Waals surface area contributed by atoms with Gasteiger partial charge in [0.1, 0.15) is 5.75 Å². The van der Waals surface area contributed by atoms with Crippen LogP contribution in [0.3, 0.4) is 0 Å². The van der Waals surface area contributed by atoms with Crippen LogP contribution in [0.4, 0.5) is 10.5 Å². The molecule has 0 spiro atoms. The van der Waals surface area contributed by atoms with Gasteiger partial charge in [0.15, 0.2) is 8.32 Å². The molecule has 1 amide bonds. The van der Waals surface area contributed by atoms with E-state index in [2.05, 4.69) is 72.2 Å². The molecule has 2 bridgehead atoms. The number of hydrogen-bond acceptors (Lipinski definition) is 7. The minimum absolute atomic E-state index is 0.0123. The minimum Gasteiger partial charge on any atom is -0.506 e. The fourth-order valence-electron chi connectivity index (χ4n) is 9.06. The SMILES string of the molecule is CC(C)(C)[Si](C)(C)O[C@@H](CNCc1ccc2c(c1)[nH]c(=O)n2CCCc1ccc(-c2ccccc2)c(N(C(=O)O)C2CN3CCC2CC3)c1)c1ccc(O)c2[nH]c(=O)ccc12. The van der Waals surface area contributed by atoms with Gasteiger partial charge in [-0.15, -0.1) is 0 Å². The number of phenols is 1. The van der Waals surface area contributed by atoms with E-state index in [9.17, 15) is 24.6 Å². The normalized spacial score (nSPS) is 18.5.